The summed E-state index contributed by atoms with van der Waals surface area (Å²) in [6, 6.07) is 5.48. The predicted octanol–water partition coefficient (Wildman–Crippen LogP) is 3.32. The number of nitrogens with zero attached hydrogens (tertiary/aromatic N) is 2. The van der Waals surface area contributed by atoms with E-state index in [1.165, 1.54) is 11.3 Å². The Hall–Kier alpha value is -2.87. The van der Waals surface area contributed by atoms with Gasteiger partial charge in [0.25, 0.3) is 0 Å². The van der Waals surface area contributed by atoms with Gasteiger partial charge in [-0.1, -0.05) is 0 Å². The molecular formula is C17H15N3O4S. The fourth-order valence-corrected chi connectivity index (χ4v) is 3.18. The Kier molecular flexibility index (Phi) is 3.89. The van der Waals surface area contributed by atoms with Crippen LogP contribution in [0.15, 0.2) is 28.0 Å². The molecule has 1 N–H and O–H groups in total. The molecular weight excluding hydrogens is 342 g/mol. The Labute approximate surface area is 147 Å². The van der Waals surface area contributed by atoms with Crippen LogP contribution < -0.4 is 14.8 Å². The van der Waals surface area contributed by atoms with Crippen LogP contribution in [-0.2, 0) is 11.2 Å². The molecule has 25 heavy (non-hydrogen) atoms. The molecule has 0 atom stereocenters. The molecule has 0 aliphatic carbocycles. The Balaban J connectivity index is 1.51. The minimum atomic E-state index is -0.178. The van der Waals surface area contributed by atoms with Crippen molar-refractivity contribution in [2.24, 2.45) is 0 Å². The van der Waals surface area contributed by atoms with Crippen LogP contribution in [0.4, 0.5) is 5.13 Å². The predicted molar refractivity (Wildman–Crippen MR) is 92.0 cm³/mol. The molecule has 4 rings (SSSR count). The summed E-state index contributed by atoms with van der Waals surface area (Å²) in [5.41, 5.74) is 2.25. The van der Waals surface area contributed by atoms with E-state index in [9.17, 15) is 4.79 Å². The number of aryl methyl sites for hydroxylation is 2. The summed E-state index contributed by atoms with van der Waals surface area (Å²) >= 11 is 1.39. The van der Waals surface area contributed by atoms with Crippen molar-refractivity contribution in [1.29, 1.82) is 0 Å². The molecule has 0 saturated heterocycles. The maximum Gasteiger partial charge on any atom is 0.232 e. The Bertz CT molecular complexity index is 947. The highest BCUT2D eigenvalue weighted by atomic mass is 32.1. The lowest BCUT2D eigenvalue weighted by Gasteiger charge is -1.99. The molecule has 7 nitrogen and oxygen atoms in total. The van der Waals surface area contributed by atoms with Crippen molar-refractivity contribution in [3.63, 3.8) is 0 Å². The van der Waals surface area contributed by atoms with E-state index in [-0.39, 0.29) is 19.1 Å². The molecule has 1 aliphatic rings. The third-order valence-corrected chi connectivity index (χ3v) is 4.58. The second-order valence-electron chi connectivity index (χ2n) is 5.61. The van der Waals surface area contributed by atoms with Crippen molar-refractivity contribution in [3.8, 4) is 23.0 Å². The number of hydrogen-bond acceptors (Lipinski definition) is 7. The molecule has 1 aromatic carbocycles. The van der Waals surface area contributed by atoms with Crippen molar-refractivity contribution in [2.75, 3.05) is 12.1 Å². The lowest BCUT2D eigenvalue weighted by atomic mass is 10.2. The second kappa shape index (κ2) is 6.21. The number of thiazole rings is 1. The summed E-state index contributed by atoms with van der Waals surface area (Å²) in [4.78, 5) is 20.8. The summed E-state index contributed by atoms with van der Waals surface area (Å²) in [6.45, 7) is 3.89. The summed E-state index contributed by atoms with van der Waals surface area (Å²) in [5, 5.41) is 5.24. The van der Waals surface area contributed by atoms with E-state index >= 15 is 0 Å². The number of aromatic nitrogens is 2. The quantitative estimate of drug-likeness (QED) is 0.771. The highest BCUT2D eigenvalue weighted by molar-refractivity contribution is 7.13. The van der Waals surface area contributed by atoms with Gasteiger partial charge in [-0.2, -0.15) is 0 Å². The maximum atomic E-state index is 12.2. The number of oxazole rings is 1. The SMILES string of the molecule is Cc1csc(NC(=O)Cc2nc(-c3ccc4c(c3)OCO4)oc2C)n1. The molecule has 0 saturated carbocycles. The third kappa shape index (κ3) is 3.20. The topological polar surface area (TPSA) is 86.5 Å². The number of amides is 1. The number of rotatable bonds is 4. The fourth-order valence-electron chi connectivity index (χ4n) is 2.47. The van der Waals surface area contributed by atoms with Gasteiger partial charge >= 0.3 is 0 Å². The fraction of sp³-hybridized carbons (Fsp3) is 0.235. The zero-order valence-electron chi connectivity index (χ0n) is 13.7. The molecule has 0 bridgehead atoms. The molecule has 0 spiro atoms. The summed E-state index contributed by atoms with van der Waals surface area (Å²) in [6.07, 6.45) is 0.124. The normalized spacial score (nSPS) is 12.4. The van der Waals surface area contributed by atoms with Gasteiger partial charge in [0.05, 0.1) is 17.8 Å². The number of nitrogens with one attached hydrogen (secondary N) is 1. The summed E-state index contributed by atoms with van der Waals surface area (Å²) in [5.74, 6) is 2.24. The van der Waals surface area contributed by atoms with Crippen molar-refractivity contribution in [1.82, 2.24) is 9.97 Å². The van der Waals surface area contributed by atoms with Gasteiger partial charge in [-0.3, -0.25) is 4.79 Å². The van der Waals surface area contributed by atoms with Crippen LogP contribution in [0, 0.1) is 13.8 Å². The maximum absolute atomic E-state index is 12.2. The Morgan fingerprint density at radius 1 is 1.24 bits per heavy atom. The smallest absolute Gasteiger partial charge is 0.232 e. The van der Waals surface area contributed by atoms with Gasteiger partial charge in [0.1, 0.15) is 5.76 Å². The van der Waals surface area contributed by atoms with E-state index in [0.717, 1.165) is 11.3 Å². The minimum Gasteiger partial charge on any atom is -0.454 e. The average Bonchev–Trinajstić information content (AvgIpc) is 3.28. The zero-order chi connectivity index (χ0) is 17.4. The molecule has 1 amide bonds. The van der Waals surface area contributed by atoms with Crippen molar-refractivity contribution >= 4 is 22.4 Å². The first-order chi connectivity index (χ1) is 12.1. The number of carbonyl (C=O) groups is 1. The molecule has 1 aliphatic heterocycles. The van der Waals surface area contributed by atoms with E-state index in [0.29, 0.717) is 34.0 Å². The van der Waals surface area contributed by atoms with Gasteiger partial charge in [0, 0.05) is 10.9 Å². The van der Waals surface area contributed by atoms with Gasteiger partial charge in [0.2, 0.25) is 18.6 Å². The molecule has 8 heteroatoms. The number of benzene rings is 1. The van der Waals surface area contributed by atoms with Gasteiger partial charge in [-0.05, 0) is 32.0 Å². The van der Waals surface area contributed by atoms with E-state index in [4.69, 9.17) is 13.9 Å². The van der Waals surface area contributed by atoms with Crippen LogP contribution in [0.1, 0.15) is 17.1 Å². The zero-order valence-corrected chi connectivity index (χ0v) is 14.5. The molecule has 2 aromatic heterocycles. The first kappa shape index (κ1) is 15.6. The van der Waals surface area contributed by atoms with Crippen molar-refractivity contribution in [3.05, 3.63) is 40.7 Å². The van der Waals surface area contributed by atoms with Crippen molar-refractivity contribution in [2.45, 2.75) is 20.3 Å². The molecule has 128 valence electrons. The van der Waals surface area contributed by atoms with Crippen LogP contribution in [0.3, 0.4) is 0 Å². The Morgan fingerprint density at radius 2 is 2.08 bits per heavy atom. The third-order valence-electron chi connectivity index (χ3n) is 3.71. The molecule has 0 fully saturated rings. The summed E-state index contributed by atoms with van der Waals surface area (Å²) in [7, 11) is 0. The van der Waals surface area contributed by atoms with Crippen LogP contribution in [-0.4, -0.2) is 22.7 Å². The van der Waals surface area contributed by atoms with Crippen LogP contribution in [0.25, 0.3) is 11.5 Å². The van der Waals surface area contributed by atoms with Crippen LogP contribution in [0.5, 0.6) is 11.5 Å². The van der Waals surface area contributed by atoms with E-state index in [1.807, 2.05) is 30.5 Å². The number of hydrogen-bond donors (Lipinski definition) is 1. The molecule has 3 aromatic rings. The monoisotopic (exact) mass is 357 g/mol. The van der Waals surface area contributed by atoms with Gasteiger partial charge in [-0.25, -0.2) is 9.97 Å². The molecule has 3 heterocycles. The first-order valence-corrected chi connectivity index (χ1v) is 8.55. The lowest BCUT2D eigenvalue weighted by molar-refractivity contribution is -0.115. The second-order valence-corrected chi connectivity index (χ2v) is 6.47. The lowest BCUT2D eigenvalue weighted by Crippen LogP contribution is -2.15. The standard InChI is InChI=1S/C17H15N3O4S/c1-9-7-25-17(18-9)20-15(21)6-12-10(2)24-16(19-12)11-3-4-13-14(5-11)23-8-22-13/h3-5,7H,6,8H2,1-2H3,(H,18,20,21). The molecule has 0 unspecified atom stereocenters. The summed E-state index contributed by atoms with van der Waals surface area (Å²) < 4.78 is 16.4. The van der Waals surface area contributed by atoms with E-state index in [1.54, 1.807) is 6.92 Å². The van der Waals surface area contributed by atoms with Crippen molar-refractivity contribution < 1.29 is 18.7 Å². The molecule has 0 radical (unpaired) electrons. The number of anilines is 1. The van der Waals surface area contributed by atoms with Crippen LogP contribution in [0.2, 0.25) is 0 Å². The number of ether oxygens (including phenoxy) is 2. The number of carbonyl (C=O) groups excluding carboxylic acids is 1. The minimum absolute atomic E-state index is 0.124. The highest BCUT2D eigenvalue weighted by Crippen LogP contribution is 2.36. The van der Waals surface area contributed by atoms with Gasteiger partial charge in [-0.15, -0.1) is 11.3 Å². The average molecular weight is 357 g/mol. The highest BCUT2D eigenvalue weighted by Gasteiger charge is 2.19. The largest absolute Gasteiger partial charge is 0.454 e. The van der Waals surface area contributed by atoms with E-state index in [2.05, 4.69) is 15.3 Å². The number of fused-ring (bicyclic) bond motifs is 1. The van der Waals surface area contributed by atoms with Gasteiger partial charge in [0.15, 0.2) is 16.6 Å². The van der Waals surface area contributed by atoms with E-state index < -0.39 is 0 Å². The Morgan fingerprint density at radius 3 is 2.88 bits per heavy atom. The van der Waals surface area contributed by atoms with Gasteiger partial charge < -0.3 is 19.2 Å². The first-order valence-electron chi connectivity index (χ1n) is 7.67. The van der Waals surface area contributed by atoms with Crippen LogP contribution >= 0.6 is 11.3 Å².